The molecule has 168 valence electrons. The third kappa shape index (κ3) is 4.13. The van der Waals surface area contributed by atoms with E-state index in [4.69, 9.17) is 0 Å². The van der Waals surface area contributed by atoms with Gasteiger partial charge in [0.05, 0.1) is 11.1 Å². The number of benzene rings is 4. The molecule has 4 nitrogen and oxygen atoms in total. The first-order valence-corrected chi connectivity index (χ1v) is 13.4. The van der Waals surface area contributed by atoms with Crippen molar-refractivity contribution in [3.8, 4) is 0 Å². The van der Waals surface area contributed by atoms with Gasteiger partial charge in [-0.25, -0.2) is 0 Å². The fraction of sp³-hybridized carbons (Fsp3) is 0.103. The molecule has 34 heavy (non-hydrogen) atoms. The summed E-state index contributed by atoms with van der Waals surface area (Å²) in [6.45, 7) is 0.857. The minimum absolute atomic E-state index is 0.132. The summed E-state index contributed by atoms with van der Waals surface area (Å²) in [6.07, 6.45) is 4.08. The lowest BCUT2D eigenvalue weighted by Gasteiger charge is -2.28. The van der Waals surface area contributed by atoms with E-state index in [9.17, 15) is 10.1 Å². The molecule has 0 saturated heterocycles. The van der Waals surface area contributed by atoms with Crippen LogP contribution < -0.4 is 15.9 Å². The Morgan fingerprint density at radius 1 is 0.706 bits per heavy atom. The van der Waals surface area contributed by atoms with Gasteiger partial charge < -0.3 is 4.57 Å². The van der Waals surface area contributed by atoms with E-state index in [1.165, 1.54) is 15.9 Å². The zero-order chi connectivity index (χ0) is 23.4. The van der Waals surface area contributed by atoms with Crippen molar-refractivity contribution in [2.45, 2.75) is 13.0 Å². The third-order valence-corrected chi connectivity index (χ3v) is 11.0. The summed E-state index contributed by atoms with van der Waals surface area (Å²) >= 11 is 0. The number of nitrogens with zero attached hydrogens (tertiary/aromatic N) is 2. The van der Waals surface area contributed by atoms with Gasteiger partial charge in [-0.15, -0.1) is 0 Å². The zero-order valence-corrected chi connectivity index (χ0v) is 19.7. The molecule has 0 saturated carbocycles. The third-order valence-electron chi connectivity index (χ3n) is 6.45. The van der Waals surface area contributed by atoms with E-state index < -0.39 is 7.26 Å². The van der Waals surface area contributed by atoms with Gasteiger partial charge in [0, 0.05) is 42.2 Å². The van der Waals surface area contributed by atoms with Crippen LogP contribution in [0.25, 0.3) is 10.9 Å². The lowest BCUT2D eigenvalue weighted by atomic mass is 10.2. The van der Waals surface area contributed by atoms with Gasteiger partial charge >= 0.3 is 0 Å². The minimum atomic E-state index is -1.86. The number of hydrogen-bond acceptors (Lipinski definition) is 2. The molecule has 0 bridgehead atoms. The average molecular weight is 466 g/mol. The van der Waals surface area contributed by atoms with Crippen molar-refractivity contribution in [2.75, 3.05) is 6.16 Å². The molecule has 0 atom stereocenters. The summed E-state index contributed by atoms with van der Waals surface area (Å²) in [6, 6.07) is 39.8. The fourth-order valence-corrected chi connectivity index (χ4v) is 9.18. The number of aryl methyl sites for hydroxylation is 1. The Morgan fingerprint density at radius 3 is 1.74 bits per heavy atom. The molecule has 4 aromatic carbocycles. The maximum absolute atomic E-state index is 11.1. The zero-order valence-electron chi connectivity index (χ0n) is 18.8. The van der Waals surface area contributed by atoms with Crippen LogP contribution in [0.5, 0.6) is 0 Å². The first-order valence-electron chi connectivity index (χ1n) is 11.5. The number of nitro groups is 1. The second-order valence-corrected chi connectivity index (χ2v) is 12.0. The molecule has 1 heterocycles. The molecular weight excluding hydrogens is 439 g/mol. The second-order valence-electron chi connectivity index (χ2n) is 8.40. The van der Waals surface area contributed by atoms with Crippen LogP contribution in [0.1, 0.15) is 6.42 Å². The number of fused-ring (bicyclic) bond motifs is 1. The van der Waals surface area contributed by atoms with E-state index in [1.54, 1.807) is 12.1 Å². The maximum Gasteiger partial charge on any atom is 0.270 e. The molecule has 0 spiro atoms. The molecule has 0 fully saturated rings. The second kappa shape index (κ2) is 9.62. The highest BCUT2D eigenvalue weighted by atomic mass is 31.2. The molecule has 0 aliphatic rings. The van der Waals surface area contributed by atoms with E-state index in [-0.39, 0.29) is 10.6 Å². The molecule has 0 aliphatic carbocycles. The van der Waals surface area contributed by atoms with Crippen LogP contribution in [0.3, 0.4) is 0 Å². The topological polar surface area (TPSA) is 48.1 Å². The van der Waals surface area contributed by atoms with Crippen molar-refractivity contribution in [1.82, 2.24) is 4.57 Å². The molecule has 0 aliphatic heterocycles. The summed E-state index contributed by atoms with van der Waals surface area (Å²) in [5.74, 6) is 0. The quantitative estimate of drug-likeness (QED) is 0.162. The lowest BCUT2D eigenvalue weighted by Crippen LogP contribution is -2.33. The standard InChI is InChI=1S/C29H26N2O2P/c32-31(33)25-17-18-29-24(23-25)19-21-30(29)20-10-22-34(26-11-4-1-5-12-26,27-13-6-2-7-14-27)28-15-8-3-9-16-28/h1-9,11-19,21,23H,10,20,22H2/q+1. The van der Waals surface area contributed by atoms with Crippen molar-refractivity contribution in [1.29, 1.82) is 0 Å². The van der Waals surface area contributed by atoms with Gasteiger partial charge in [-0.1, -0.05) is 54.6 Å². The van der Waals surface area contributed by atoms with Crippen LogP contribution in [0.15, 0.2) is 121 Å². The summed E-state index contributed by atoms with van der Waals surface area (Å²) < 4.78 is 2.22. The Balaban J connectivity index is 1.52. The van der Waals surface area contributed by atoms with Crippen molar-refractivity contribution in [3.05, 3.63) is 132 Å². The Bertz CT molecular complexity index is 1300. The van der Waals surface area contributed by atoms with Crippen molar-refractivity contribution >= 4 is 39.8 Å². The first kappa shape index (κ1) is 22.1. The number of aromatic nitrogens is 1. The van der Waals surface area contributed by atoms with Crippen LogP contribution in [-0.2, 0) is 6.54 Å². The molecule has 1 aromatic heterocycles. The van der Waals surface area contributed by atoms with Crippen molar-refractivity contribution in [2.24, 2.45) is 0 Å². The summed E-state index contributed by atoms with van der Waals surface area (Å²) in [7, 11) is -1.86. The molecular formula is C29H26N2O2P+. The minimum Gasteiger partial charge on any atom is -0.347 e. The SMILES string of the molecule is O=[N+]([O-])c1ccc2c(ccn2CCC[P+](c2ccccc2)(c2ccccc2)c2ccccc2)c1. The maximum atomic E-state index is 11.1. The van der Waals surface area contributed by atoms with E-state index >= 15 is 0 Å². The van der Waals surface area contributed by atoms with Gasteiger partial charge in [0.15, 0.2) is 0 Å². The van der Waals surface area contributed by atoms with Crippen molar-refractivity contribution < 1.29 is 4.92 Å². The first-order chi connectivity index (χ1) is 16.7. The molecule has 5 aromatic rings. The monoisotopic (exact) mass is 465 g/mol. The number of non-ortho nitro benzene ring substituents is 1. The molecule has 0 radical (unpaired) electrons. The van der Waals surface area contributed by atoms with Gasteiger partial charge in [0.2, 0.25) is 0 Å². The molecule has 5 heteroatoms. The van der Waals surface area contributed by atoms with E-state index in [0.29, 0.717) is 0 Å². The largest absolute Gasteiger partial charge is 0.347 e. The van der Waals surface area contributed by atoms with Crippen LogP contribution >= 0.6 is 7.26 Å². The fourth-order valence-electron chi connectivity index (χ4n) is 4.86. The number of nitro benzene ring substituents is 1. The number of rotatable bonds is 8. The van der Waals surface area contributed by atoms with Gasteiger partial charge in [0.25, 0.3) is 5.69 Å². The van der Waals surface area contributed by atoms with Gasteiger partial charge in [-0.05, 0) is 48.5 Å². The van der Waals surface area contributed by atoms with Crippen LogP contribution in [0.2, 0.25) is 0 Å². The molecule has 0 unspecified atom stereocenters. The van der Waals surface area contributed by atoms with Gasteiger partial charge in [-0.2, -0.15) is 0 Å². The van der Waals surface area contributed by atoms with Crippen LogP contribution in [0, 0.1) is 10.1 Å². The Morgan fingerprint density at radius 2 is 1.24 bits per heavy atom. The van der Waals surface area contributed by atoms with E-state index in [1.807, 2.05) is 18.3 Å². The highest BCUT2D eigenvalue weighted by molar-refractivity contribution is 7.95. The molecule has 0 amide bonds. The summed E-state index contributed by atoms with van der Waals surface area (Å²) in [5.41, 5.74) is 1.17. The summed E-state index contributed by atoms with van der Waals surface area (Å²) in [4.78, 5) is 10.8. The predicted molar refractivity (Wildman–Crippen MR) is 143 cm³/mol. The Hall–Kier alpha value is -3.75. The van der Waals surface area contributed by atoms with Crippen LogP contribution in [0.4, 0.5) is 5.69 Å². The van der Waals surface area contributed by atoms with E-state index in [0.717, 1.165) is 30.0 Å². The lowest BCUT2D eigenvalue weighted by molar-refractivity contribution is -0.384. The number of hydrogen-bond donors (Lipinski definition) is 0. The van der Waals surface area contributed by atoms with Gasteiger partial charge in [0.1, 0.15) is 23.2 Å². The smallest absolute Gasteiger partial charge is 0.270 e. The van der Waals surface area contributed by atoms with Crippen molar-refractivity contribution in [3.63, 3.8) is 0 Å². The van der Waals surface area contributed by atoms with E-state index in [2.05, 4.69) is 95.6 Å². The van der Waals surface area contributed by atoms with Crippen LogP contribution in [-0.4, -0.2) is 15.7 Å². The normalized spacial score (nSPS) is 11.5. The highest BCUT2D eigenvalue weighted by Gasteiger charge is 2.44. The summed E-state index contributed by atoms with van der Waals surface area (Å²) in [5, 5.41) is 16.2. The Labute approximate surface area is 200 Å². The van der Waals surface area contributed by atoms with Gasteiger partial charge in [-0.3, -0.25) is 10.1 Å². The predicted octanol–water partition coefficient (Wildman–Crippen LogP) is 5.93. The highest BCUT2D eigenvalue weighted by Crippen LogP contribution is 2.55. The molecule has 0 N–H and O–H groups in total. The average Bonchev–Trinajstić information content (AvgIpc) is 3.30. The molecule has 5 rings (SSSR count). The Kier molecular flexibility index (Phi) is 6.24.